The molecule has 0 aliphatic heterocycles. The molecular formula is C29H28N2. The molecule has 0 bridgehead atoms. The number of allylic oxidation sites excluding steroid dienone is 5. The Bertz CT molecular complexity index is 1530. The van der Waals surface area contributed by atoms with Crippen molar-refractivity contribution in [3.05, 3.63) is 84.0 Å². The molecule has 0 fully saturated rings. The topological polar surface area (TPSA) is 20.7 Å². The molecule has 0 aliphatic rings. The second kappa shape index (κ2) is 7.63. The highest BCUT2D eigenvalue weighted by Crippen LogP contribution is 2.42. The molecule has 0 amide bonds. The number of aromatic nitrogens is 2. The maximum absolute atomic E-state index is 3.63. The van der Waals surface area contributed by atoms with Crippen molar-refractivity contribution in [1.29, 1.82) is 0 Å². The molecule has 0 saturated carbocycles. The summed E-state index contributed by atoms with van der Waals surface area (Å²) in [5, 5.41) is 5.25. The maximum atomic E-state index is 3.63. The van der Waals surface area contributed by atoms with E-state index in [1.165, 1.54) is 60.4 Å². The third kappa shape index (κ3) is 2.86. The molecule has 2 aromatic heterocycles. The number of H-pyrrole nitrogens is 1. The number of para-hydroxylation sites is 1. The fourth-order valence-corrected chi connectivity index (χ4v) is 4.93. The summed E-state index contributed by atoms with van der Waals surface area (Å²) in [7, 11) is 0. The highest BCUT2D eigenvalue weighted by molar-refractivity contribution is 6.29. The van der Waals surface area contributed by atoms with E-state index in [1.807, 2.05) is 0 Å². The largest absolute Gasteiger partial charge is 0.354 e. The summed E-state index contributed by atoms with van der Waals surface area (Å²) in [6.07, 6.45) is 12.1. The van der Waals surface area contributed by atoms with Gasteiger partial charge < -0.3 is 9.55 Å². The molecule has 2 heterocycles. The Morgan fingerprint density at radius 1 is 0.871 bits per heavy atom. The zero-order valence-corrected chi connectivity index (χ0v) is 18.7. The quantitative estimate of drug-likeness (QED) is 0.289. The number of hydrogen-bond acceptors (Lipinski definition) is 0. The lowest BCUT2D eigenvalue weighted by Crippen LogP contribution is -1.95. The summed E-state index contributed by atoms with van der Waals surface area (Å²) >= 11 is 0. The van der Waals surface area contributed by atoms with E-state index in [-0.39, 0.29) is 0 Å². The molecule has 0 radical (unpaired) electrons. The molecule has 0 atom stereocenters. The van der Waals surface area contributed by atoms with Crippen LogP contribution in [0.25, 0.3) is 55.4 Å². The van der Waals surface area contributed by atoms with Gasteiger partial charge in [0.25, 0.3) is 0 Å². The van der Waals surface area contributed by atoms with Crippen molar-refractivity contribution in [2.24, 2.45) is 0 Å². The minimum absolute atomic E-state index is 0.990. The van der Waals surface area contributed by atoms with Crippen LogP contribution in [0.2, 0.25) is 0 Å². The van der Waals surface area contributed by atoms with Crippen LogP contribution in [0.15, 0.2) is 72.8 Å². The van der Waals surface area contributed by atoms with E-state index >= 15 is 0 Å². The van der Waals surface area contributed by atoms with Crippen molar-refractivity contribution in [3.8, 4) is 0 Å². The van der Waals surface area contributed by atoms with Gasteiger partial charge in [0.2, 0.25) is 0 Å². The third-order valence-electron chi connectivity index (χ3n) is 6.16. The fourth-order valence-electron chi connectivity index (χ4n) is 4.93. The molecule has 154 valence electrons. The van der Waals surface area contributed by atoms with Gasteiger partial charge in [-0.15, -0.1) is 0 Å². The van der Waals surface area contributed by atoms with E-state index in [1.54, 1.807) is 0 Å². The Balaban J connectivity index is 2.12. The Kier molecular flexibility index (Phi) is 4.78. The number of rotatable bonds is 4. The fraction of sp³-hybridized carbons (Fsp3) is 0.172. The molecule has 5 rings (SSSR count). The predicted octanol–water partition coefficient (Wildman–Crippen LogP) is 8.60. The summed E-state index contributed by atoms with van der Waals surface area (Å²) < 4.78 is 2.43. The molecule has 5 aromatic rings. The van der Waals surface area contributed by atoms with Crippen molar-refractivity contribution in [2.75, 3.05) is 0 Å². The molecule has 3 aromatic carbocycles. The Labute approximate surface area is 183 Å². The second-order valence-corrected chi connectivity index (χ2v) is 8.12. The number of nitrogens with zero attached hydrogens (tertiary/aromatic N) is 1. The first-order chi connectivity index (χ1) is 15.2. The summed E-state index contributed by atoms with van der Waals surface area (Å²) in [6.45, 7) is 8.60. The van der Waals surface area contributed by atoms with E-state index in [2.05, 4.69) is 116 Å². The van der Waals surface area contributed by atoms with Crippen LogP contribution in [-0.4, -0.2) is 9.55 Å². The zero-order valence-electron chi connectivity index (χ0n) is 18.7. The zero-order chi connectivity index (χ0) is 21.5. The monoisotopic (exact) mass is 404 g/mol. The van der Waals surface area contributed by atoms with Gasteiger partial charge in [0.05, 0.1) is 11.0 Å². The van der Waals surface area contributed by atoms with Crippen LogP contribution in [0, 0.1) is 6.92 Å². The van der Waals surface area contributed by atoms with Gasteiger partial charge in [-0.25, -0.2) is 0 Å². The lowest BCUT2D eigenvalue weighted by Gasteiger charge is -2.10. The van der Waals surface area contributed by atoms with Crippen LogP contribution < -0.4 is 0 Å². The molecule has 1 N–H and O–H groups in total. The van der Waals surface area contributed by atoms with E-state index in [0.717, 1.165) is 6.42 Å². The number of nitrogens with one attached hydrogen (secondary N) is 1. The van der Waals surface area contributed by atoms with Crippen LogP contribution in [0.5, 0.6) is 0 Å². The number of fused-ring (bicyclic) bond motifs is 7. The molecule has 31 heavy (non-hydrogen) atoms. The van der Waals surface area contributed by atoms with Crippen LogP contribution in [0.4, 0.5) is 0 Å². The van der Waals surface area contributed by atoms with Crippen LogP contribution >= 0.6 is 0 Å². The van der Waals surface area contributed by atoms with Gasteiger partial charge in [-0.1, -0.05) is 55.5 Å². The van der Waals surface area contributed by atoms with E-state index < -0.39 is 0 Å². The van der Waals surface area contributed by atoms with Crippen molar-refractivity contribution in [1.82, 2.24) is 9.55 Å². The van der Waals surface area contributed by atoms with Gasteiger partial charge in [0.1, 0.15) is 0 Å². The number of hydrogen-bond donors (Lipinski definition) is 1. The van der Waals surface area contributed by atoms with Crippen molar-refractivity contribution in [3.63, 3.8) is 0 Å². The summed E-state index contributed by atoms with van der Waals surface area (Å²) in [4.78, 5) is 3.63. The number of benzene rings is 3. The standard InChI is InChI=1S/C29H28N2/c1-5-10-20(11-6-2)31-25-17-15-19(4)21(12-7-3)28(25)29-26(31)18-16-24-27(29)22-13-8-9-14-23(22)30-24/h5,7-18,30H,6H2,1-4H3/b10-5-,12-7-,20-11+. The molecular weight excluding hydrogens is 376 g/mol. The van der Waals surface area contributed by atoms with Crippen LogP contribution in [0.1, 0.15) is 38.3 Å². The highest BCUT2D eigenvalue weighted by atomic mass is 15.0. The predicted molar refractivity (Wildman–Crippen MR) is 138 cm³/mol. The van der Waals surface area contributed by atoms with Crippen molar-refractivity contribution >= 4 is 55.4 Å². The van der Waals surface area contributed by atoms with Crippen molar-refractivity contribution < 1.29 is 0 Å². The van der Waals surface area contributed by atoms with Gasteiger partial charge in [-0.2, -0.15) is 0 Å². The second-order valence-electron chi connectivity index (χ2n) is 8.12. The lowest BCUT2D eigenvalue weighted by atomic mass is 9.98. The number of aromatic amines is 1. The SMILES string of the molecule is C/C=C\C(=C/CC)n1c2ccc(C)c(/C=C\C)c2c2c3c(ccc21)[nH]c1ccccc13. The summed E-state index contributed by atoms with van der Waals surface area (Å²) in [5.41, 5.74) is 8.70. The smallest absolute Gasteiger partial charge is 0.0548 e. The first kappa shape index (κ1) is 19.4. The molecule has 0 unspecified atom stereocenters. The highest BCUT2D eigenvalue weighted by Gasteiger charge is 2.20. The Morgan fingerprint density at radius 3 is 2.42 bits per heavy atom. The molecule has 2 heteroatoms. The molecule has 2 nitrogen and oxygen atoms in total. The summed E-state index contributed by atoms with van der Waals surface area (Å²) in [6, 6.07) is 17.7. The number of aryl methyl sites for hydroxylation is 1. The molecule has 0 spiro atoms. The van der Waals surface area contributed by atoms with E-state index in [9.17, 15) is 0 Å². The minimum atomic E-state index is 0.990. The summed E-state index contributed by atoms with van der Waals surface area (Å²) in [5.74, 6) is 0. The van der Waals surface area contributed by atoms with Gasteiger partial charge >= 0.3 is 0 Å². The van der Waals surface area contributed by atoms with Crippen LogP contribution in [0.3, 0.4) is 0 Å². The van der Waals surface area contributed by atoms with E-state index in [0.29, 0.717) is 0 Å². The Hall–Kier alpha value is -3.52. The average Bonchev–Trinajstić information content (AvgIpc) is 3.31. The maximum Gasteiger partial charge on any atom is 0.0548 e. The van der Waals surface area contributed by atoms with Gasteiger partial charge in [0.15, 0.2) is 0 Å². The van der Waals surface area contributed by atoms with E-state index in [4.69, 9.17) is 0 Å². The Morgan fingerprint density at radius 2 is 1.65 bits per heavy atom. The van der Waals surface area contributed by atoms with Crippen molar-refractivity contribution in [2.45, 2.75) is 34.1 Å². The molecule has 0 aliphatic carbocycles. The van der Waals surface area contributed by atoms with Gasteiger partial charge in [0, 0.05) is 38.3 Å². The van der Waals surface area contributed by atoms with Gasteiger partial charge in [-0.05, 0) is 68.7 Å². The lowest BCUT2D eigenvalue weighted by molar-refractivity contribution is 1.16. The average molecular weight is 405 g/mol. The first-order valence-electron chi connectivity index (χ1n) is 11.1. The van der Waals surface area contributed by atoms with Crippen LogP contribution in [-0.2, 0) is 0 Å². The first-order valence-corrected chi connectivity index (χ1v) is 11.1. The normalized spacial score (nSPS) is 13.2. The molecule has 0 saturated heterocycles. The van der Waals surface area contributed by atoms with Gasteiger partial charge in [-0.3, -0.25) is 0 Å². The minimum Gasteiger partial charge on any atom is -0.354 e. The third-order valence-corrected chi connectivity index (χ3v) is 6.16.